The number of anilines is 1. The molecule has 1 fully saturated rings. The van der Waals surface area contributed by atoms with Crippen molar-refractivity contribution >= 4 is 17.2 Å². The number of aromatic nitrogens is 4. The average molecular weight is 404 g/mol. The van der Waals surface area contributed by atoms with E-state index in [0.717, 1.165) is 35.8 Å². The van der Waals surface area contributed by atoms with Crippen LogP contribution < -0.4 is 15.5 Å². The fourth-order valence-electron chi connectivity index (χ4n) is 3.36. The van der Waals surface area contributed by atoms with Gasteiger partial charge in [-0.3, -0.25) is 15.4 Å². The zero-order valence-corrected chi connectivity index (χ0v) is 16.6. The van der Waals surface area contributed by atoms with Crippen molar-refractivity contribution in [3.05, 3.63) is 35.9 Å². The van der Waals surface area contributed by atoms with Gasteiger partial charge in [-0.1, -0.05) is 0 Å². The molecule has 2 aliphatic heterocycles. The Balaban J connectivity index is 1.48. The number of nitriles is 1. The van der Waals surface area contributed by atoms with Gasteiger partial charge in [0.2, 0.25) is 0 Å². The van der Waals surface area contributed by atoms with Gasteiger partial charge in [-0.2, -0.15) is 9.94 Å². The van der Waals surface area contributed by atoms with Crippen LogP contribution in [0.25, 0.3) is 5.69 Å². The standard InChI is InChI=1S/C19H20N10O/c1-11-24-26-27-28(11)14-5-13(6-16(7-14)30-2)23-18-8-17(22-12-3-4-12)19-21-10-15(9-20)29(19)25-18/h5-8,12,15,23,25H,3-4,10H2,1-2H3. The highest BCUT2D eigenvalue weighted by Gasteiger charge is 2.35. The third kappa shape index (κ3) is 3.32. The Labute approximate surface area is 172 Å². The van der Waals surface area contributed by atoms with Crippen LogP contribution in [-0.2, 0) is 0 Å². The van der Waals surface area contributed by atoms with Gasteiger partial charge in [0.1, 0.15) is 17.3 Å². The molecule has 2 aromatic rings. The van der Waals surface area contributed by atoms with Crippen LogP contribution in [0.5, 0.6) is 5.75 Å². The number of nitrogens with zero attached hydrogens (tertiary/aromatic N) is 8. The number of hydrogen-bond acceptors (Lipinski definition) is 10. The van der Waals surface area contributed by atoms with Crippen molar-refractivity contribution in [3.8, 4) is 17.5 Å². The molecule has 11 heteroatoms. The first-order valence-corrected chi connectivity index (χ1v) is 9.66. The van der Waals surface area contributed by atoms with Crippen LogP contribution in [0.2, 0.25) is 0 Å². The summed E-state index contributed by atoms with van der Waals surface area (Å²) in [5.74, 6) is 2.74. The molecule has 0 amide bonds. The molecule has 1 saturated carbocycles. The lowest BCUT2D eigenvalue weighted by Crippen LogP contribution is -2.52. The largest absolute Gasteiger partial charge is 0.497 e. The first-order valence-electron chi connectivity index (χ1n) is 9.66. The molecular weight excluding hydrogens is 384 g/mol. The number of rotatable bonds is 5. The predicted molar refractivity (Wildman–Crippen MR) is 109 cm³/mol. The smallest absolute Gasteiger partial charge is 0.169 e. The van der Waals surface area contributed by atoms with E-state index in [2.05, 4.69) is 37.3 Å². The highest BCUT2D eigenvalue weighted by Crippen LogP contribution is 2.27. The second kappa shape index (κ2) is 7.14. The molecule has 1 aliphatic carbocycles. The maximum absolute atomic E-state index is 9.47. The maximum Gasteiger partial charge on any atom is 0.169 e. The quantitative estimate of drug-likeness (QED) is 0.754. The van der Waals surface area contributed by atoms with Crippen molar-refractivity contribution in [2.24, 2.45) is 9.98 Å². The lowest BCUT2D eigenvalue weighted by molar-refractivity contribution is 0.327. The molecule has 1 aromatic carbocycles. The number of ether oxygens (including phenoxy) is 1. The van der Waals surface area contributed by atoms with E-state index in [-0.39, 0.29) is 6.04 Å². The van der Waals surface area contributed by atoms with Gasteiger partial charge in [0.25, 0.3) is 0 Å². The summed E-state index contributed by atoms with van der Waals surface area (Å²) in [6.07, 6.45) is 4.11. The molecule has 0 bridgehead atoms. The van der Waals surface area contributed by atoms with E-state index >= 15 is 0 Å². The fourth-order valence-corrected chi connectivity index (χ4v) is 3.36. The average Bonchev–Trinajstić information content (AvgIpc) is 3.29. The minimum atomic E-state index is -0.375. The number of amidine groups is 1. The zero-order valence-electron chi connectivity index (χ0n) is 16.6. The van der Waals surface area contributed by atoms with Crippen molar-refractivity contribution in [1.82, 2.24) is 30.6 Å². The van der Waals surface area contributed by atoms with Gasteiger partial charge >= 0.3 is 0 Å². The molecule has 0 radical (unpaired) electrons. The molecule has 2 N–H and O–H groups in total. The molecule has 5 rings (SSSR count). The topological polar surface area (TPSA) is 129 Å². The Morgan fingerprint density at radius 2 is 2.20 bits per heavy atom. The van der Waals surface area contributed by atoms with Crippen molar-refractivity contribution in [2.45, 2.75) is 31.8 Å². The second-order valence-electron chi connectivity index (χ2n) is 7.28. The van der Waals surface area contributed by atoms with Crippen LogP contribution in [0.1, 0.15) is 18.7 Å². The zero-order chi connectivity index (χ0) is 20.7. The van der Waals surface area contributed by atoms with E-state index in [0.29, 0.717) is 30.0 Å². The normalized spacial score (nSPS) is 21.4. The summed E-state index contributed by atoms with van der Waals surface area (Å²) in [5, 5.41) is 26.3. The minimum Gasteiger partial charge on any atom is -0.497 e. The lowest BCUT2D eigenvalue weighted by atomic mass is 10.2. The Morgan fingerprint density at radius 3 is 2.90 bits per heavy atom. The second-order valence-corrected chi connectivity index (χ2v) is 7.28. The molecule has 3 heterocycles. The van der Waals surface area contributed by atoms with Crippen LogP contribution in [-0.4, -0.2) is 62.5 Å². The molecular formula is C19H20N10O. The summed E-state index contributed by atoms with van der Waals surface area (Å²) < 4.78 is 7.08. The van der Waals surface area contributed by atoms with Gasteiger partial charge in [0, 0.05) is 23.9 Å². The number of aryl methyl sites for hydroxylation is 1. The summed E-state index contributed by atoms with van der Waals surface area (Å²) in [6, 6.07) is 7.89. The minimum absolute atomic E-state index is 0.340. The monoisotopic (exact) mass is 404 g/mol. The van der Waals surface area contributed by atoms with E-state index in [9.17, 15) is 5.26 Å². The highest BCUT2D eigenvalue weighted by atomic mass is 16.5. The lowest BCUT2D eigenvalue weighted by Gasteiger charge is -2.31. The van der Waals surface area contributed by atoms with E-state index in [1.807, 2.05) is 31.2 Å². The first kappa shape index (κ1) is 18.1. The van der Waals surface area contributed by atoms with E-state index in [1.165, 1.54) is 0 Å². The van der Waals surface area contributed by atoms with Crippen molar-refractivity contribution in [1.29, 1.82) is 5.26 Å². The van der Waals surface area contributed by atoms with Crippen LogP contribution in [0, 0.1) is 18.3 Å². The summed E-state index contributed by atoms with van der Waals surface area (Å²) in [7, 11) is 1.61. The molecule has 3 aliphatic rings. The fraction of sp³-hybridized carbons (Fsp3) is 0.368. The van der Waals surface area contributed by atoms with Crippen molar-refractivity contribution in [3.63, 3.8) is 0 Å². The summed E-state index contributed by atoms with van der Waals surface area (Å²) in [4.78, 5) is 9.29. The molecule has 1 unspecified atom stereocenters. The third-order valence-electron chi connectivity index (χ3n) is 5.00. The van der Waals surface area contributed by atoms with E-state index < -0.39 is 0 Å². The summed E-state index contributed by atoms with van der Waals surface area (Å²) >= 11 is 0. The van der Waals surface area contributed by atoms with Gasteiger partial charge in [0.05, 0.1) is 31.5 Å². The molecule has 30 heavy (non-hydrogen) atoms. The van der Waals surface area contributed by atoms with Crippen LogP contribution in [0.4, 0.5) is 5.69 Å². The Morgan fingerprint density at radius 1 is 1.33 bits per heavy atom. The Bertz CT molecular complexity index is 1120. The van der Waals surface area contributed by atoms with Gasteiger partial charge in [-0.25, -0.2) is 5.01 Å². The van der Waals surface area contributed by atoms with E-state index in [1.54, 1.807) is 16.8 Å². The number of aliphatic imine (C=N–C) groups is 2. The number of hydrazine groups is 1. The van der Waals surface area contributed by atoms with Crippen LogP contribution >= 0.6 is 0 Å². The van der Waals surface area contributed by atoms with Crippen molar-refractivity contribution < 1.29 is 4.74 Å². The molecule has 1 atom stereocenters. The number of fused-ring (bicyclic) bond motifs is 1. The van der Waals surface area contributed by atoms with Crippen LogP contribution in [0.15, 0.2) is 40.1 Å². The number of hydrogen-bond donors (Lipinski definition) is 2. The highest BCUT2D eigenvalue weighted by molar-refractivity contribution is 6.46. The number of methoxy groups -OCH3 is 1. The molecule has 152 valence electrons. The summed E-state index contributed by atoms with van der Waals surface area (Å²) in [5.41, 5.74) is 5.58. The van der Waals surface area contributed by atoms with Gasteiger partial charge in [-0.05, 0) is 36.3 Å². The van der Waals surface area contributed by atoms with Gasteiger partial charge in [-0.15, -0.1) is 5.10 Å². The Hall–Kier alpha value is -3.94. The molecule has 1 aromatic heterocycles. The Kier molecular flexibility index (Phi) is 4.31. The number of tetrazole rings is 1. The maximum atomic E-state index is 9.47. The van der Waals surface area contributed by atoms with Crippen molar-refractivity contribution in [2.75, 3.05) is 19.0 Å². The predicted octanol–water partition coefficient (Wildman–Crippen LogP) is 0.960. The SMILES string of the molecule is COc1cc(NC2=CC(=NC3CC3)C3=NCC(C#N)N3N2)cc(-n2nnnc2C)c1. The van der Waals surface area contributed by atoms with Gasteiger partial charge in [0.15, 0.2) is 17.7 Å². The van der Waals surface area contributed by atoms with E-state index in [4.69, 9.17) is 9.73 Å². The summed E-state index contributed by atoms with van der Waals surface area (Å²) in [6.45, 7) is 2.25. The molecule has 0 saturated heterocycles. The first-order chi connectivity index (χ1) is 14.6. The number of nitrogens with one attached hydrogen (secondary N) is 2. The van der Waals surface area contributed by atoms with Crippen LogP contribution in [0.3, 0.4) is 0 Å². The molecule has 0 spiro atoms. The number of benzene rings is 1. The third-order valence-corrected chi connectivity index (χ3v) is 5.00. The van der Waals surface area contributed by atoms with Gasteiger partial charge < -0.3 is 10.1 Å². The molecule has 11 nitrogen and oxygen atoms in total.